The summed E-state index contributed by atoms with van der Waals surface area (Å²) in [6.45, 7) is 0. The van der Waals surface area contributed by atoms with Crippen LogP contribution in [0.5, 0.6) is 0 Å². The Bertz CT molecular complexity index is 644. The van der Waals surface area contributed by atoms with Gasteiger partial charge in [-0.3, -0.25) is 5.41 Å². The van der Waals surface area contributed by atoms with Gasteiger partial charge in [0, 0.05) is 6.20 Å². The number of amidine groups is 1. The molecule has 0 radical (unpaired) electrons. The first-order valence-corrected chi connectivity index (χ1v) is 4.82. The van der Waals surface area contributed by atoms with Gasteiger partial charge in [0.2, 0.25) is 0 Å². The monoisotopic (exact) mass is 211 g/mol. The normalized spacial score (nSPS) is 11.0. The molecule has 3 aromatic heterocycles. The maximum absolute atomic E-state index is 7.62. The van der Waals surface area contributed by atoms with Crippen molar-refractivity contribution in [2.24, 2.45) is 5.73 Å². The van der Waals surface area contributed by atoms with E-state index in [9.17, 15) is 0 Å². The number of nitrogen functional groups attached to an aromatic ring is 1. The second-order valence-electron chi connectivity index (χ2n) is 3.50. The third-order valence-electron chi connectivity index (χ3n) is 2.57. The average molecular weight is 211 g/mol. The van der Waals surface area contributed by atoms with Crippen molar-refractivity contribution in [1.82, 2.24) is 14.4 Å². The average Bonchev–Trinajstić information content (AvgIpc) is 2.63. The lowest BCUT2D eigenvalue weighted by Crippen LogP contribution is -2.11. The van der Waals surface area contributed by atoms with Crippen LogP contribution in [-0.4, -0.2) is 20.2 Å². The topological polar surface area (TPSA) is 80.1 Å². The van der Waals surface area contributed by atoms with Crippen LogP contribution < -0.4 is 5.73 Å². The number of hydrogen-bond acceptors (Lipinski definition) is 3. The largest absolute Gasteiger partial charge is 0.384 e. The fourth-order valence-electron chi connectivity index (χ4n) is 1.93. The van der Waals surface area contributed by atoms with E-state index in [2.05, 4.69) is 9.97 Å². The number of pyridine rings is 1. The summed E-state index contributed by atoms with van der Waals surface area (Å²) < 4.78 is 1.94. The number of fused-ring (bicyclic) bond motifs is 3. The predicted molar refractivity (Wildman–Crippen MR) is 61.5 cm³/mol. The van der Waals surface area contributed by atoms with Crippen LogP contribution in [0.2, 0.25) is 0 Å². The highest BCUT2D eigenvalue weighted by molar-refractivity contribution is 6.12. The summed E-state index contributed by atoms with van der Waals surface area (Å²) in [6, 6.07) is 5.75. The summed E-state index contributed by atoms with van der Waals surface area (Å²) in [6.07, 6.45) is 5.10. The quantitative estimate of drug-likeness (QED) is 0.468. The molecular formula is C11H9N5. The Balaban J connectivity index is 2.64. The maximum Gasteiger partial charge on any atom is 0.127 e. The molecule has 3 rings (SSSR count). The van der Waals surface area contributed by atoms with Gasteiger partial charge in [-0.15, -0.1) is 0 Å². The molecule has 0 atom stereocenters. The lowest BCUT2D eigenvalue weighted by molar-refractivity contribution is 1.18. The molecule has 0 unspecified atom stereocenters. The molecule has 0 fully saturated rings. The van der Waals surface area contributed by atoms with Crippen LogP contribution in [0.4, 0.5) is 0 Å². The van der Waals surface area contributed by atoms with Crippen molar-refractivity contribution in [3.8, 4) is 0 Å². The van der Waals surface area contributed by atoms with E-state index < -0.39 is 0 Å². The van der Waals surface area contributed by atoms with Crippen molar-refractivity contribution in [2.75, 3.05) is 0 Å². The van der Waals surface area contributed by atoms with E-state index in [1.54, 1.807) is 6.20 Å². The van der Waals surface area contributed by atoms with Gasteiger partial charge in [-0.05, 0) is 12.1 Å². The summed E-state index contributed by atoms with van der Waals surface area (Å²) in [7, 11) is 0. The number of hydrogen-bond donors (Lipinski definition) is 2. The minimum atomic E-state index is 0.0254. The molecule has 3 heterocycles. The molecule has 0 aliphatic heterocycles. The standard InChI is InChI=1S/C11H9N5/c12-11(13)9-7-3-1-2-4-16(7)8-5-14-6-15-10(8)9/h1-6H,(H3,12,13). The molecular weight excluding hydrogens is 202 g/mol. The number of nitrogens with zero attached hydrogens (tertiary/aromatic N) is 3. The van der Waals surface area contributed by atoms with Crippen molar-refractivity contribution >= 4 is 22.4 Å². The van der Waals surface area contributed by atoms with E-state index in [-0.39, 0.29) is 5.84 Å². The number of rotatable bonds is 1. The Morgan fingerprint density at radius 1 is 1.31 bits per heavy atom. The molecule has 0 aliphatic rings. The van der Waals surface area contributed by atoms with Gasteiger partial charge in [-0.25, -0.2) is 9.97 Å². The summed E-state index contributed by atoms with van der Waals surface area (Å²) >= 11 is 0. The second kappa shape index (κ2) is 3.03. The Morgan fingerprint density at radius 2 is 2.19 bits per heavy atom. The Hall–Kier alpha value is -2.43. The smallest absolute Gasteiger partial charge is 0.127 e. The highest BCUT2D eigenvalue weighted by atomic mass is 15.0. The minimum Gasteiger partial charge on any atom is -0.384 e. The minimum absolute atomic E-state index is 0.0254. The molecule has 0 aliphatic carbocycles. The number of nitrogens with one attached hydrogen (secondary N) is 1. The van der Waals surface area contributed by atoms with E-state index >= 15 is 0 Å². The van der Waals surface area contributed by atoms with E-state index in [1.165, 1.54) is 6.33 Å². The van der Waals surface area contributed by atoms with Gasteiger partial charge in [0.15, 0.2) is 0 Å². The molecule has 5 nitrogen and oxygen atoms in total. The lowest BCUT2D eigenvalue weighted by atomic mass is 10.2. The number of aromatic nitrogens is 3. The van der Waals surface area contributed by atoms with Crippen molar-refractivity contribution in [3.63, 3.8) is 0 Å². The molecule has 3 N–H and O–H groups in total. The van der Waals surface area contributed by atoms with Gasteiger partial charge < -0.3 is 10.1 Å². The highest BCUT2D eigenvalue weighted by Crippen LogP contribution is 2.23. The van der Waals surface area contributed by atoms with Crippen LogP contribution in [0, 0.1) is 5.41 Å². The van der Waals surface area contributed by atoms with E-state index in [1.807, 2.05) is 28.8 Å². The molecule has 78 valence electrons. The van der Waals surface area contributed by atoms with Crippen LogP contribution in [-0.2, 0) is 0 Å². The SMILES string of the molecule is N=C(N)c1c2ncncc2n2ccccc12. The second-order valence-corrected chi connectivity index (χ2v) is 3.50. The van der Waals surface area contributed by atoms with Gasteiger partial charge in [0.25, 0.3) is 0 Å². The first kappa shape index (κ1) is 8.84. The fourth-order valence-corrected chi connectivity index (χ4v) is 1.93. The molecule has 0 spiro atoms. The van der Waals surface area contributed by atoms with Gasteiger partial charge in [-0.1, -0.05) is 6.07 Å². The van der Waals surface area contributed by atoms with Crippen molar-refractivity contribution < 1.29 is 0 Å². The first-order valence-electron chi connectivity index (χ1n) is 4.82. The third kappa shape index (κ3) is 1.02. The van der Waals surface area contributed by atoms with Crippen molar-refractivity contribution in [3.05, 3.63) is 42.5 Å². The zero-order valence-electron chi connectivity index (χ0n) is 8.38. The van der Waals surface area contributed by atoms with E-state index in [0.29, 0.717) is 11.1 Å². The van der Waals surface area contributed by atoms with Crippen molar-refractivity contribution in [2.45, 2.75) is 0 Å². The molecule has 0 bridgehead atoms. The zero-order chi connectivity index (χ0) is 11.1. The van der Waals surface area contributed by atoms with Crippen LogP contribution in [0.25, 0.3) is 16.6 Å². The van der Waals surface area contributed by atoms with Crippen LogP contribution in [0.3, 0.4) is 0 Å². The highest BCUT2D eigenvalue weighted by Gasteiger charge is 2.14. The lowest BCUT2D eigenvalue weighted by Gasteiger charge is -1.96. The van der Waals surface area contributed by atoms with Gasteiger partial charge in [0.05, 0.1) is 22.8 Å². The molecule has 3 aromatic rings. The molecule has 0 aromatic carbocycles. The molecule has 5 heteroatoms. The fraction of sp³-hybridized carbons (Fsp3) is 0. The predicted octanol–water partition coefficient (Wildman–Crippen LogP) is 1.17. The molecule has 0 amide bonds. The summed E-state index contributed by atoms with van der Waals surface area (Å²) in [5, 5.41) is 7.62. The van der Waals surface area contributed by atoms with Crippen molar-refractivity contribution in [1.29, 1.82) is 5.41 Å². The van der Waals surface area contributed by atoms with Crippen LogP contribution in [0.15, 0.2) is 36.9 Å². The van der Waals surface area contributed by atoms with Gasteiger partial charge >= 0.3 is 0 Å². The number of nitrogens with two attached hydrogens (primary N) is 1. The molecule has 0 saturated carbocycles. The van der Waals surface area contributed by atoms with E-state index in [0.717, 1.165) is 11.0 Å². The third-order valence-corrected chi connectivity index (χ3v) is 2.57. The van der Waals surface area contributed by atoms with E-state index in [4.69, 9.17) is 11.1 Å². The summed E-state index contributed by atoms with van der Waals surface area (Å²) in [4.78, 5) is 8.18. The zero-order valence-corrected chi connectivity index (χ0v) is 8.38. The summed E-state index contributed by atoms with van der Waals surface area (Å²) in [5.41, 5.74) is 8.73. The van der Waals surface area contributed by atoms with Crippen LogP contribution >= 0.6 is 0 Å². The Kier molecular flexibility index (Phi) is 1.67. The van der Waals surface area contributed by atoms with Crippen LogP contribution in [0.1, 0.15) is 5.56 Å². The maximum atomic E-state index is 7.62. The summed E-state index contributed by atoms with van der Waals surface area (Å²) in [5.74, 6) is 0.0254. The molecule has 16 heavy (non-hydrogen) atoms. The van der Waals surface area contributed by atoms with Gasteiger partial charge in [0.1, 0.15) is 17.7 Å². The first-order chi connectivity index (χ1) is 7.79. The Morgan fingerprint density at radius 3 is 3.00 bits per heavy atom. The molecule has 0 saturated heterocycles. The Labute approximate surface area is 91.1 Å². The van der Waals surface area contributed by atoms with Gasteiger partial charge in [-0.2, -0.15) is 0 Å².